The van der Waals surface area contributed by atoms with Crippen molar-refractivity contribution in [3.8, 4) is 0 Å². The zero-order chi connectivity index (χ0) is 23.2. The molecule has 0 spiro atoms. The first-order chi connectivity index (χ1) is 14.5. The molecule has 2 amide bonds. The number of hydrogen-bond donors (Lipinski definition) is 1. The number of halogens is 2. The van der Waals surface area contributed by atoms with E-state index in [0.29, 0.717) is 12.2 Å². The molecule has 0 aromatic heterocycles. The van der Waals surface area contributed by atoms with E-state index in [0.717, 1.165) is 25.1 Å². The molecule has 0 aliphatic carbocycles. The summed E-state index contributed by atoms with van der Waals surface area (Å²) >= 11 is 6.73. The normalized spacial score (nSPS) is 12.2. The molecular weight excluding hydrogens is 550 g/mol. The molecule has 2 aromatic rings. The molecule has 0 saturated carbocycles. The van der Waals surface area contributed by atoms with Crippen LogP contribution in [0.2, 0.25) is 0 Å². The van der Waals surface area contributed by atoms with Crippen LogP contribution in [0.25, 0.3) is 0 Å². The molecule has 2 aromatic carbocycles. The summed E-state index contributed by atoms with van der Waals surface area (Å²) in [5.74, 6) is -0.785. The Kier molecular flexibility index (Phi) is 9.08. The minimum Gasteiger partial charge on any atom is -0.355 e. The standard InChI is InChI=1S/C21H25Br2N3O4S/c1-4-24-21(28)15(2)25(13-16-6-5-7-18(23)12-16)20(27)14-26(31(3,29)30)19-10-8-17(22)9-11-19/h5-12,15H,4,13-14H2,1-3H3,(H,24,28). The third kappa shape index (κ3) is 7.33. The Bertz CT molecular complexity index is 1030. The van der Waals surface area contributed by atoms with Crippen molar-refractivity contribution in [1.29, 1.82) is 0 Å². The van der Waals surface area contributed by atoms with Crippen LogP contribution in [0.4, 0.5) is 5.69 Å². The first-order valence-corrected chi connectivity index (χ1v) is 13.0. The van der Waals surface area contributed by atoms with E-state index < -0.39 is 28.5 Å². The summed E-state index contributed by atoms with van der Waals surface area (Å²) in [6.45, 7) is 3.60. The van der Waals surface area contributed by atoms with E-state index in [2.05, 4.69) is 37.2 Å². The average Bonchev–Trinajstić information content (AvgIpc) is 2.70. The van der Waals surface area contributed by atoms with Crippen LogP contribution in [0.3, 0.4) is 0 Å². The van der Waals surface area contributed by atoms with Crippen molar-refractivity contribution >= 4 is 59.4 Å². The lowest BCUT2D eigenvalue weighted by Crippen LogP contribution is -2.51. The van der Waals surface area contributed by atoms with Crippen LogP contribution < -0.4 is 9.62 Å². The van der Waals surface area contributed by atoms with Crippen LogP contribution in [0.1, 0.15) is 19.4 Å². The highest BCUT2D eigenvalue weighted by Gasteiger charge is 2.29. The fourth-order valence-electron chi connectivity index (χ4n) is 2.96. The molecule has 1 unspecified atom stereocenters. The van der Waals surface area contributed by atoms with Gasteiger partial charge in [-0.25, -0.2) is 8.42 Å². The Balaban J connectivity index is 2.37. The lowest BCUT2D eigenvalue weighted by Gasteiger charge is -2.31. The summed E-state index contributed by atoms with van der Waals surface area (Å²) in [4.78, 5) is 27.2. The minimum atomic E-state index is -3.73. The molecule has 2 rings (SSSR count). The third-order valence-corrected chi connectivity index (χ3v) is 6.72. The summed E-state index contributed by atoms with van der Waals surface area (Å²) < 4.78 is 27.6. The minimum absolute atomic E-state index is 0.161. The van der Waals surface area contributed by atoms with Crippen LogP contribution in [0, 0.1) is 0 Å². The number of benzene rings is 2. The Morgan fingerprint density at radius 1 is 1.06 bits per heavy atom. The molecule has 0 aliphatic rings. The van der Waals surface area contributed by atoms with Gasteiger partial charge in [-0.1, -0.05) is 44.0 Å². The number of amides is 2. The number of nitrogens with zero attached hydrogens (tertiary/aromatic N) is 2. The maximum Gasteiger partial charge on any atom is 0.244 e. The van der Waals surface area contributed by atoms with Gasteiger partial charge in [-0.15, -0.1) is 0 Å². The third-order valence-electron chi connectivity index (χ3n) is 4.55. The predicted octanol–water partition coefficient (Wildman–Crippen LogP) is 3.53. The number of carbonyl (C=O) groups excluding carboxylic acids is 2. The molecule has 0 heterocycles. The molecule has 7 nitrogen and oxygen atoms in total. The van der Waals surface area contributed by atoms with Crippen molar-refractivity contribution in [3.05, 3.63) is 63.0 Å². The molecule has 31 heavy (non-hydrogen) atoms. The van der Waals surface area contributed by atoms with Gasteiger partial charge in [-0.2, -0.15) is 0 Å². The summed E-state index contributed by atoms with van der Waals surface area (Å²) in [5.41, 5.74) is 1.18. The highest BCUT2D eigenvalue weighted by Crippen LogP contribution is 2.22. The summed E-state index contributed by atoms with van der Waals surface area (Å²) in [7, 11) is -3.73. The van der Waals surface area contributed by atoms with E-state index in [1.165, 1.54) is 4.90 Å². The van der Waals surface area contributed by atoms with Gasteiger partial charge in [0.2, 0.25) is 21.8 Å². The van der Waals surface area contributed by atoms with E-state index in [9.17, 15) is 18.0 Å². The van der Waals surface area contributed by atoms with E-state index in [1.54, 1.807) is 38.1 Å². The number of rotatable bonds is 9. The summed E-state index contributed by atoms with van der Waals surface area (Å²) in [5, 5.41) is 2.72. The van der Waals surface area contributed by atoms with E-state index >= 15 is 0 Å². The molecular formula is C21H25Br2N3O4S. The van der Waals surface area contributed by atoms with Crippen molar-refractivity contribution in [2.24, 2.45) is 0 Å². The van der Waals surface area contributed by atoms with Gasteiger partial charge in [0.15, 0.2) is 0 Å². The molecule has 0 radical (unpaired) electrons. The molecule has 1 atom stereocenters. The Hall–Kier alpha value is -1.91. The number of anilines is 1. The molecule has 0 fully saturated rings. The van der Waals surface area contributed by atoms with Crippen molar-refractivity contribution in [2.45, 2.75) is 26.4 Å². The van der Waals surface area contributed by atoms with Gasteiger partial charge in [-0.05, 0) is 55.8 Å². The molecule has 0 aliphatic heterocycles. The quantitative estimate of drug-likeness (QED) is 0.496. The number of likely N-dealkylation sites (N-methyl/N-ethyl adjacent to an activating group) is 1. The van der Waals surface area contributed by atoms with Gasteiger partial charge in [0.1, 0.15) is 12.6 Å². The lowest BCUT2D eigenvalue weighted by molar-refractivity contribution is -0.139. The van der Waals surface area contributed by atoms with Crippen molar-refractivity contribution in [3.63, 3.8) is 0 Å². The largest absolute Gasteiger partial charge is 0.355 e. The fraction of sp³-hybridized carbons (Fsp3) is 0.333. The first kappa shape index (κ1) is 25.4. The van der Waals surface area contributed by atoms with Crippen molar-refractivity contribution in [2.75, 3.05) is 23.7 Å². The molecule has 0 saturated heterocycles. The van der Waals surface area contributed by atoms with Crippen LogP contribution in [0.15, 0.2) is 57.5 Å². The second-order valence-corrected chi connectivity index (χ2v) is 10.7. The van der Waals surface area contributed by atoms with Crippen LogP contribution in [0.5, 0.6) is 0 Å². The smallest absolute Gasteiger partial charge is 0.244 e. The Labute approximate surface area is 200 Å². The number of carbonyl (C=O) groups is 2. The van der Waals surface area contributed by atoms with Crippen molar-refractivity contribution < 1.29 is 18.0 Å². The van der Waals surface area contributed by atoms with Crippen LogP contribution >= 0.6 is 31.9 Å². The summed E-state index contributed by atoms with van der Waals surface area (Å²) in [6, 6.07) is 13.3. The number of sulfonamides is 1. The number of nitrogens with one attached hydrogen (secondary N) is 1. The zero-order valence-corrected chi connectivity index (χ0v) is 21.5. The fourth-order valence-corrected chi connectivity index (χ4v) is 4.52. The molecule has 10 heteroatoms. The topological polar surface area (TPSA) is 86.8 Å². The Morgan fingerprint density at radius 3 is 2.26 bits per heavy atom. The molecule has 1 N–H and O–H groups in total. The highest BCUT2D eigenvalue weighted by atomic mass is 79.9. The van der Waals surface area contributed by atoms with Crippen molar-refractivity contribution in [1.82, 2.24) is 10.2 Å². The second kappa shape index (κ2) is 11.1. The number of hydrogen-bond acceptors (Lipinski definition) is 4. The van der Waals surface area contributed by atoms with Gasteiger partial charge < -0.3 is 10.2 Å². The molecule has 168 valence electrons. The van der Waals surface area contributed by atoms with Crippen LogP contribution in [-0.2, 0) is 26.2 Å². The summed E-state index contributed by atoms with van der Waals surface area (Å²) in [6.07, 6.45) is 1.05. The van der Waals surface area contributed by atoms with Crippen LogP contribution in [-0.4, -0.2) is 50.5 Å². The maximum atomic E-state index is 13.3. The van der Waals surface area contributed by atoms with Gasteiger partial charge in [0, 0.05) is 22.0 Å². The predicted molar refractivity (Wildman–Crippen MR) is 129 cm³/mol. The molecule has 0 bridgehead atoms. The maximum absolute atomic E-state index is 13.3. The van der Waals surface area contributed by atoms with Gasteiger partial charge in [0.25, 0.3) is 0 Å². The first-order valence-electron chi connectivity index (χ1n) is 9.57. The highest BCUT2D eigenvalue weighted by molar-refractivity contribution is 9.10. The van der Waals surface area contributed by atoms with E-state index in [1.807, 2.05) is 24.3 Å². The SMILES string of the molecule is CCNC(=O)C(C)N(Cc1cccc(Br)c1)C(=O)CN(c1ccc(Br)cc1)S(C)(=O)=O. The monoisotopic (exact) mass is 573 g/mol. The van der Waals surface area contributed by atoms with E-state index in [4.69, 9.17) is 0 Å². The van der Waals surface area contributed by atoms with Gasteiger partial charge in [0.05, 0.1) is 11.9 Å². The lowest BCUT2D eigenvalue weighted by atomic mass is 10.1. The van der Waals surface area contributed by atoms with Gasteiger partial charge >= 0.3 is 0 Å². The average molecular weight is 575 g/mol. The van der Waals surface area contributed by atoms with E-state index in [-0.39, 0.29) is 12.5 Å². The Morgan fingerprint density at radius 2 is 1.71 bits per heavy atom. The second-order valence-electron chi connectivity index (χ2n) is 6.97. The van der Waals surface area contributed by atoms with Gasteiger partial charge in [-0.3, -0.25) is 13.9 Å². The zero-order valence-electron chi connectivity index (χ0n) is 17.5.